The van der Waals surface area contributed by atoms with E-state index in [9.17, 15) is 0 Å². The Morgan fingerprint density at radius 3 is 2.70 bits per heavy atom. The quantitative estimate of drug-likeness (QED) is 0.866. The van der Waals surface area contributed by atoms with E-state index in [1.54, 1.807) is 0 Å². The minimum atomic E-state index is 0.547. The summed E-state index contributed by atoms with van der Waals surface area (Å²) in [5.41, 5.74) is 0. The smallest absolute Gasteiger partial charge is 0.147 e. The van der Waals surface area contributed by atoms with Crippen molar-refractivity contribution in [1.29, 1.82) is 0 Å². The van der Waals surface area contributed by atoms with E-state index in [4.69, 9.17) is 0 Å². The molecular weight excluding hydrogens is 288 g/mol. The highest BCUT2D eigenvalue weighted by molar-refractivity contribution is 4.97. The molecule has 6 heteroatoms. The molecule has 124 valence electrons. The van der Waals surface area contributed by atoms with E-state index in [0.29, 0.717) is 5.92 Å². The van der Waals surface area contributed by atoms with Crippen molar-refractivity contribution in [2.75, 3.05) is 13.1 Å². The molecule has 23 heavy (non-hydrogen) atoms. The fourth-order valence-corrected chi connectivity index (χ4v) is 3.90. The predicted octanol–water partition coefficient (Wildman–Crippen LogP) is 2.02. The summed E-state index contributed by atoms with van der Waals surface area (Å²) in [7, 11) is 0. The molecule has 1 saturated carbocycles. The molecule has 0 bridgehead atoms. The van der Waals surface area contributed by atoms with Gasteiger partial charge in [0.25, 0.3) is 0 Å². The SMILES string of the molecule is Cc1nc(C)n(CC2CN(CC3CCC3)Cc3nccn3C2)n1. The van der Waals surface area contributed by atoms with E-state index in [2.05, 4.69) is 35.4 Å². The van der Waals surface area contributed by atoms with Crippen LogP contribution in [0.25, 0.3) is 0 Å². The highest BCUT2D eigenvalue weighted by Crippen LogP contribution is 2.28. The zero-order valence-electron chi connectivity index (χ0n) is 14.1. The Kier molecular flexibility index (Phi) is 3.93. The van der Waals surface area contributed by atoms with Crippen molar-refractivity contribution >= 4 is 0 Å². The molecule has 0 saturated heterocycles. The summed E-state index contributed by atoms with van der Waals surface area (Å²) in [6, 6.07) is 0. The third-order valence-electron chi connectivity index (χ3n) is 5.27. The first-order valence-corrected chi connectivity index (χ1v) is 8.78. The van der Waals surface area contributed by atoms with Crippen LogP contribution in [0.1, 0.15) is 36.7 Å². The van der Waals surface area contributed by atoms with Crippen molar-refractivity contribution in [2.45, 2.75) is 52.7 Å². The second kappa shape index (κ2) is 6.07. The van der Waals surface area contributed by atoms with Crippen LogP contribution >= 0.6 is 0 Å². The molecule has 2 aromatic rings. The topological polar surface area (TPSA) is 51.8 Å². The van der Waals surface area contributed by atoms with Crippen molar-refractivity contribution in [3.63, 3.8) is 0 Å². The van der Waals surface area contributed by atoms with Crippen molar-refractivity contribution in [3.8, 4) is 0 Å². The largest absolute Gasteiger partial charge is 0.333 e. The first-order valence-electron chi connectivity index (χ1n) is 8.78. The predicted molar refractivity (Wildman–Crippen MR) is 87.8 cm³/mol. The number of hydrogen-bond donors (Lipinski definition) is 0. The van der Waals surface area contributed by atoms with Crippen LogP contribution in [-0.4, -0.2) is 42.3 Å². The molecule has 0 amide bonds. The van der Waals surface area contributed by atoms with E-state index >= 15 is 0 Å². The molecule has 2 aliphatic rings. The number of rotatable bonds is 4. The number of nitrogens with zero attached hydrogens (tertiary/aromatic N) is 6. The first-order chi connectivity index (χ1) is 11.2. The van der Waals surface area contributed by atoms with E-state index in [1.165, 1.54) is 31.6 Å². The summed E-state index contributed by atoms with van der Waals surface area (Å²) in [6.07, 6.45) is 8.26. The summed E-state index contributed by atoms with van der Waals surface area (Å²) in [5.74, 6) is 4.53. The van der Waals surface area contributed by atoms with Gasteiger partial charge in [0.1, 0.15) is 17.5 Å². The summed E-state index contributed by atoms with van der Waals surface area (Å²) in [5, 5.41) is 4.55. The molecule has 0 radical (unpaired) electrons. The lowest BCUT2D eigenvalue weighted by Gasteiger charge is -2.32. The number of imidazole rings is 1. The van der Waals surface area contributed by atoms with Crippen LogP contribution in [-0.2, 0) is 19.6 Å². The van der Waals surface area contributed by atoms with Gasteiger partial charge < -0.3 is 4.57 Å². The molecule has 4 rings (SSSR count). The van der Waals surface area contributed by atoms with Crippen LogP contribution in [0.5, 0.6) is 0 Å². The first kappa shape index (κ1) is 14.9. The molecule has 6 nitrogen and oxygen atoms in total. The van der Waals surface area contributed by atoms with Gasteiger partial charge in [0.05, 0.1) is 6.54 Å². The van der Waals surface area contributed by atoms with Crippen LogP contribution in [0.15, 0.2) is 12.4 Å². The Morgan fingerprint density at radius 2 is 2.00 bits per heavy atom. The molecular formula is C17H26N6. The maximum atomic E-state index is 4.57. The minimum absolute atomic E-state index is 0.547. The van der Waals surface area contributed by atoms with Gasteiger partial charge in [-0.3, -0.25) is 4.90 Å². The van der Waals surface area contributed by atoms with Crippen LogP contribution in [0.3, 0.4) is 0 Å². The maximum Gasteiger partial charge on any atom is 0.147 e. The monoisotopic (exact) mass is 314 g/mol. The molecule has 0 N–H and O–H groups in total. The van der Waals surface area contributed by atoms with E-state index in [0.717, 1.165) is 43.7 Å². The Labute approximate surface area is 137 Å². The molecule has 0 spiro atoms. The summed E-state index contributed by atoms with van der Waals surface area (Å²) < 4.78 is 4.40. The van der Waals surface area contributed by atoms with E-state index in [1.807, 2.05) is 20.0 Å². The molecule has 0 aromatic carbocycles. The highest BCUT2D eigenvalue weighted by atomic mass is 15.3. The number of fused-ring (bicyclic) bond motifs is 1. The summed E-state index contributed by atoms with van der Waals surface area (Å²) in [4.78, 5) is 11.6. The molecule has 1 aliphatic carbocycles. The van der Waals surface area contributed by atoms with E-state index < -0.39 is 0 Å². The van der Waals surface area contributed by atoms with Gasteiger partial charge in [-0.05, 0) is 32.6 Å². The lowest BCUT2D eigenvalue weighted by Crippen LogP contribution is -2.36. The van der Waals surface area contributed by atoms with Gasteiger partial charge in [0.2, 0.25) is 0 Å². The molecule has 1 fully saturated rings. The molecule has 1 atom stereocenters. The van der Waals surface area contributed by atoms with Crippen molar-refractivity contribution < 1.29 is 0 Å². The summed E-state index contributed by atoms with van der Waals surface area (Å²) >= 11 is 0. The minimum Gasteiger partial charge on any atom is -0.333 e. The Morgan fingerprint density at radius 1 is 1.13 bits per heavy atom. The van der Waals surface area contributed by atoms with Crippen LogP contribution in [0.4, 0.5) is 0 Å². The molecule has 2 aromatic heterocycles. The zero-order chi connectivity index (χ0) is 15.8. The van der Waals surface area contributed by atoms with Crippen LogP contribution < -0.4 is 0 Å². The maximum absolute atomic E-state index is 4.57. The lowest BCUT2D eigenvalue weighted by molar-refractivity contribution is 0.148. The van der Waals surface area contributed by atoms with E-state index in [-0.39, 0.29) is 0 Å². The molecule has 3 heterocycles. The Hall–Kier alpha value is -1.69. The summed E-state index contributed by atoms with van der Waals surface area (Å²) in [6.45, 7) is 9.30. The second-order valence-corrected chi connectivity index (χ2v) is 7.24. The fourth-order valence-electron chi connectivity index (χ4n) is 3.90. The van der Waals surface area contributed by atoms with Gasteiger partial charge in [-0.2, -0.15) is 5.10 Å². The van der Waals surface area contributed by atoms with Gasteiger partial charge in [0.15, 0.2) is 0 Å². The molecule has 1 aliphatic heterocycles. The third kappa shape index (κ3) is 3.17. The Balaban J connectivity index is 1.52. The Bertz CT molecular complexity index is 668. The zero-order valence-corrected chi connectivity index (χ0v) is 14.1. The highest BCUT2D eigenvalue weighted by Gasteiger charge is 2.27. The van der Waals surface area contributed by atoms with Gasteiger partial charge in [0, 0.05) is 44.5 Å². The van der Waals surface area contributed by atoms with Crippen molar-refractivity contribution in [2.24, 2.45) is 11.8 Å². The van der Waals surface area contributed by atoms with Gasteiger partial charge in [-0.1, -0.05) is 6.42 Å². The van der Waals surface area contributed by atoms with Gasteiger partial charge in [-0.25, -0.2) is 14.6 Å². The van der Waals surface area contributed by atoms with Crippen LogP contribution in [0.2, 0.25) is 0 Å². The van der Waals surface area contributed by atoms with Crippen molar-refractivity contribution in [1.82, 2.24) is 29.2 Å². The van der Waals surface area contributed by atoms with Crippen LogP contribution in [0, 0.1) is 25.7 Å². The normalized spacial score (nSPS) is 22.6. The van der Waals surface area contributed by atoms with Gasteiger partial charge >= 0.3 is 0 Å². The van der Waals surface area contributed by atoms with Crippen molar-refractivity contribution in [3.05, 3.63) is 29.9 Å². The average Bonchev–Trinajstić information content (AvgIpc) is 2.96. The number of aryl methyl sites for hydroxylation is 2. The fraction of sp³-hybridized carbons (Fsp3) is 0.706. The average molecular weight is 314 g/mol. The second-order valence-electron chi connectivity index (χ2n) is 7.24. The number of aromatic nitrogens is 5. The lowest BCUT2D eigenvalue weighted by atomic mass is 9.85. The standard InChI is InChI=1S/C17H26N6/c1-13-19-14(2)23(20-13)11-16-9-21(8-15-4-3-5-15)12-17-18-6-7-22(17)10-16/h6-7,15-16H,3-5,8-12H2,1-2H3. The third-order valence-corrected chi connectivity index (χ3v) is 5.27. The van der Waals surface area contributed by atoms with Gasteiger partial charge in [-0.15, -0.1) is 0 Å². The number of hydrogen-bond acceptors (Lipinski definition) is 4. The molecule has 1 unspecified atom stereocenters.